The molecule has 2 N–H and O–H groups in total. The van der Waals surface area contributed by atoms with Crippen molar-refractivity contribution in [3.05, 3.63) is 11.8 Å². The maximum Gasteiger partial charge on any atom is 0.189 e. The van der Waals surface area contributed by atoms with Crippen LogP contribution in [0.2, 0.25) is 0 Å². The van der Waals surface area contributed by atoms with Gasteiger partial charge in [0.2, 0.25) is 0 Å². The van der Waals surface area contributed by atoms with Gasteiger partial charge in [-0.15, -0.1) is 0 Å². The first-order chi connectivity index (χ1) is 8.22. The number of aliphatic hydroxyl groups is 1. The van der Waals surface area contributed by atoms with E-state index in [1.807, 2.05) is 6.26 Å². The molecule has 5 nitrogen and oxygen atoms in total. The maximum atomic E-state index is 10.9. The quantitative estimate of drug-likeness (QED) is 0.479. The van der Waals surface area contributed by atoms with Crippen molar-refractivity contribution in [3.8, 4) is 0 Å². The number of aromatic nitrogens is 2. The second-order valence-electron chi connectivity index (χ2n) is 4.09. The highest BCUT2D eigenvalue weighted by molar-refractivity contribution is 7.98. The summed E-state index contributed by atoms with van der Waals surface area (Å²) in [5, 5.41) is 13.3. The van der Waals surface area contributed by atoms with E-state index in [-0.39, 0.29) is 12.1 Å². The standard InChI is InChI=1S/C11H15N3O2S/c1-17-11-12-5-7(6-15)10(14-11)13-8-2-3-9(16)4-8/h5-6,8-9,16H,2-4H2,1H3,(H,12,13,14). The summed E-state index contributed by atoms with van der Waals surface area (Å²) < 4.78 is 0. The molecule has 0 aromatic carbocycles. The van der Waals surface area contributed by atoms with Crippen molar-refractivity contribution in [3.63, 3.8) is 0 Å². The fourth-order valence-electron chi connectivity index (χ4n) is 1.96. The van der Waals surface area contributed by atoms with Crippen LogP contribution in [-0.4, -0.2) is 39.8 Å². The number of hydrogen-bond donors (Lipinski definition) is 2. The number of thioether (sulfide) groups is 1. The Morgan fingerprint density at radius 1 is 1.59 bits per heavy atom. The third kappa shape index (κ3) is 2.95. The van der Waals surface area contributed by atoms with Crippen LogP contribution in [0.3, 0.4) is 0 Å². The molecule has 1 aromatic heterocycles. The van der Waals surface area contributed by atoms with Crippen LogP contribution in [0.4, 0.5) is 5.82 Å². The largest absolute Gasteiger partial charge is 0.393 e. The minimum absolute atomic E-state index is 0.188. The molecule has 1 fully saturated rings. The monoisotopic (exact) mass is 253 g/mol. The number of aldehydes is 1. The predicted octanol–water partition coefficient (Wildman–Crippen LogP) is 1.34. The number of carbonyl (C=O) groups excluding carboxylic acids is 1. The first kappa shape index (κ1) is 12.3. The van der Waals surface area contributed by atoms with Crippen LogP contribution in [0.25, 0.3) is 0 Å². The first-order valence-electron chi connectivity index (χ1n) is 5.53. The summed E-state index contributed by atoms with van der Waals surface area (Å²) in [6, 6.07) is 0.188. The van der Waals surface area contributed by atoms with E-state index in [2.05, 4.69) is 15.3 Å². The van der Waals surface area contributed by atoms with Crippen LogP contribution < -0.4 is 5.32 Å². The van der Waals surface area contributed by atoms with Crippen LogP contribution in [0, 0.1) is 0 Å². The summed E-state index contributed by atoms with van der Waals surface area (Å²) >= 11 is 1.43. The summed E-state index contributed by atoms with van der Waals surface area (Å²) in [6.45, 7) is 0. The van der Waals surface area contributed by atoms with Gasteiger partial charge in [-0.05, 0) is 25.5 Å². The van der Waals surface area contributed by atoms with Gasteiger partial charge < -0.3 is 10.4 Å². The fourth-order valence-corrected chi connectivity index (χ4v) is 2.30. The third-order valence-electron chi connectivity index (χ3n) is 2.85. The summed E-state index contributed by atoms with van der Waals surface area (Å²) in [5.74, 6) is 0.568. The van der Waals surface area contributed by atoms with Gasteiger partial charge in [0.25, 0.3) is 0 Å². The molecule has 0 radical (unpaired) electrons. The molecule has 0 aliphatic heterocycles. The highest BCUT2D eigenvalue weighted by Crippen LogP contribution is 2.24. The second-order valence-corrected chi connectivity index (χ2v) is 4.86. The number of rotatable bonds is 4. The molecule has 0 saturated heterocycles. The van der Waals surface area contributed by atoms with Gasteiger partial charge in [0, 0.05) is 12.2 Å². The normalized spacial score (nSPS) is 23.6. The predicted molar refractivity (Wildman–Crippen MR) is 66.5 cm³/mol. The average Bonchev–Trinajstić information content (AvgIpc) is 2.74. The van der Waals surface area contributed by atoms with Crippen LogP contribution in [-0.2, 0) is 0 Å². The highest BCUT2D eigenvalue weighted by atomic mass is 32.2. The van der Waals surface area contributed by atoms with Crippen molar-refractivity contribution in [2.45, 2.75) is 36.6 Å². The average molecular weight is 253 g/mol. The molecule has 6 heteroatoms. The van der Waals surface area contributed by atoms with Crippen molar-refractivity contribution in [1.29, 1.82) is 0 Å². The Labute approximate surface area is 104 Å². The molecule has 2 unspecified atom stereocenters. The fraction of sp³-hybridized carbons (Fsp3) is 0.545. The van der Waals surface area contributed by atoms with Gasteiger partial charge >= 0.3 is 0 Å². The Morgan fingerprint density at radius 2 is 2.41 bits per heavy atom. The van der Waals surface area contributed by atoms with Gasteiger partial charge in [0.1, 0.15) is 5.82 Å². The molecule has 0 spiro atoms. The second kappa shape index (κ2) is 5.46. The van der Waals surface area contributed by atoms with Crippen molar-refractivity contribution in [2.24, 2.45) is 0 Å². The Kier molecular flexibility index (Phi) is 3.96. The van der Waals surface area contributed by atoms with Gasteiger partial charge in [-0.1, -0.05) is 11.8 Å². The molecule has 1 saturated carbocycles. The molecule has 0 bridgehead atoms. The van der Waals surface area contributed by atoms with Crippen molar-refractivity contribution < 1.29 is 9.90 Å². The SMILES string of the molecule is CSc1ncc(C=O)c(NC2CCC(O)C2)n1. The van der Waals surface area contributed by atoms with E-state index in [1.54, 1.807) is 0 Å². The van der Waals surface area contributed by atoms with Gasteiger partial charge in [-0.2, -0.15) is 0 Å². The summed E-state index contributed by atoms with van der Waals surface area (Å²) in [7, 11) is 0. The molecule has 0 amide bonds. The third-order valence-corrected chi connectivity index (χ3v) is 3.41. The van der Waals surface area contributed by atoms with Crippen LogP contribution in [0.15, 0.2) is 11.4 Å². The van der Waals surface area contributed by atoms with Crippen molar-refractivity contribution >= 4 is 23.9 Å². The zero-order valence-corrected chi connectivity index (χ0v) is 10.4. The zero-order valence-electron chi connectivity index (χ0n) is 9.59. The molecule has 1 aliphatic rings. The Morgan fingerprint density at radius 3 is 3.00 bits per heavy atom. The van der Waals surface area contributed by atoms with Crippen LogP contribution in [0.5, 0.6) is 0 Å². The van der Waals surface area contributed by atoms with E-state index >= 15 is 0 Å². The van der Waals surface area contributed by atoms with Gasteiger partial charge in [0.15, 0.2) is 11.4 Å². The van der Waals surface area contributed by atoms with E-state index in [0.717, 1.165) is 19.1 Å². The van der Waals surface area contributed by atoms with E-state index in [0.29, 0.717) is 23.0 Å². The number of anilines is 1. The molecular weight excluding hydrogens is 238 g/mol. The number of aliphatic hydroxyl groups excluding tert-OH is 1. The van der Waals surface area contributed by atoms with Crippen LogP contribution in [0.1, 0.15) is 29.6 Å². The molecule has 2 rings (SSSR count). The number of hydrogen-bond acceptors (Lipinski definition) is 6. The van der Waals surface area contributed by atoms with Gasteiger partial charge in [-0.25, -0.2) is 9.97 Å². The Bertz CT molecular complexity index is 414. The smallest absolute Gasteiger partial charge is 0.189 e. The number of nitrogens with one attached hydrogen (secondary N) is 1. The first-order valence-corrected chi connectivity index (χ1v) is 6.76. The van der Waals surface area contributed by atoms with Gasteiger partial charge in [0.05, 0.1) is 11.7 Å². The zero-order chi connectivity index (χ0) is 12.3. The minimum atomic E-state index is -0.242. The lowest BCUT2D eigenvalue weighted by molar-refractivity contribution is 0.112. The van der Waals surface area contributed by atoms with Gasteiger partial charge in [-0.3, -0.25) is 4.79 Å². The minimum Gasteiger partial charge on any atom is -0.393 e. The van der Waals surface area contributed by atoms with Crippen molar-refractivity contribution in [2.75, 3.05) is 11.6 Å². The summed E-state index contributed by atoms with van der Waals surface area (Å²) in [4.78, 5) is 19.2. The van der Waals surface area contributed by atoms with E-state index in [4.69, 9.17) is 0 Å². The molecule has 17 heavy (non-hydrogen) atoms. The molecule has 1 aliphatic carbocycles. The Balaban J connectivity index is 2.15. The lowest BCUT2D eigenvalue weighted by atomic mass is 10.2. The summed E-state index contributed by atoms with van der Waals surface area (Å²) in [5.41, 5.74) is 0.462. The molecule has 92 valence electrons. The van der Waals surface area contributed by atoms with E-state index in [9.17, 15) is 9.90 Å². The van der Waals surface area contributed by atoms with E-state index < -0.39 is 0 Å². The topological polar surface area (TPSA) is 75.1 Å². The van der Waals surface area contributed by atoms with Crippen molar-refractivity contribution in [1.82, 2.24) is 9.97 Å². The number of nitrogens with zero attached hydrogens (tertiary/aromatic N) is 2. The molecule has 1 heterocycles. The van der Waals surface area contributed by atoms with Crippen LogP contribution >= 0.6 is 11.8 Å². The molecule has 1 aromatic rings. The lowest BCUT2D eigenvalue weighted by Gasteiger charge is -2.14. The Hall–Kier alpha value is -1.14. The highest BCUT2D eigenvalue weighted by Gasteiger charge is 2.23. The van der Waals surface area contributed by atoms with E-state index in [1.165, 1.54) is 18.0 Å². The lowest BCUT2D eigenvalue weighted by Crippen LogP contribution is -2.19. The number of carbonyl (C=O) groups is 1. The summed E-state index contributed by atoms with van der Waals surface area (Å²) in [6.07, 6.45) is 6.33. The molecule has 2 atom stereocenters. The maximum absolute atomic E-state index is 10.9. The molecular formula is C11H15N3O2S.